The maximum absolute atomic E-state index is 10.5. The van der Waals surface area contributed by atoms with Gasteiger partial charge in [-0.2, -0.15) is 0 Å². The van der Waals surface area contributed by atoms with Crippen LogP contribution in [-0.2, 0) is 16.1 Å². The molecule has 1 aliphatic carbocycles. The normalized spacial score (nSPS) is 17.2. The quantitative estimate of drug-likeness (QED) is 0.651. The molecule has 2 rings (SSSR count). The summed E-state index contributed by atoms with van der Waals surface area (Å²) in [5.41, 5.74) is 2.00. The van der Waals surface area contributed by atoms with E-state index in [2.05, 4.69) is 0 Å². The van der Waals surface area contributed by atoms with Crippen molar-refractivity contribution >= 4 is 12.0 Å². The van der Waals surface area contributed by atoms with E-state index in [0.717, 1.165) is 17.2 Å². The molecule has 0 aromatic heterocycles. The van der Waals surface area contributed by atoms with Crippen LogP contribution in [0, 0.1) is 0 Å². The highest BCUT2D eigenvalue weighted by atomic mass is 16.5. The lowest BCUT2D eigenvalue weighted by molar-refractivity contribution is -0.131. The van der Waals surface area contributed by atoms with Gasteiger partial charge >= 0.3 is 5.97 Å². The van der Waals surface area contributed by atoms with Crippen LogP contribution in [0.2, 0.25) is 0 Å². The van der Waals surface area contributed by atoms with E-state index >= 15 is 0 Å². The Hall–Kier alpha value is -1.61. The predicted molar refractivity (Wildman–Crippen MR) is 79.4 cm³/mol. The zero-order valence-corrected chi connectivity index (χ0v) is 11.8. The summed E-state index contributed by atoms with van der Waals surface area (Å²) in [5.74, 6) is -0.926. The van der Waals surface area contributed by atoms with Crippen molar-refractivity contribution in [3.8, 4) is 0 Å². The van der Waals surface area contributed by atoms with Gasteiger partial charge in [-0.3, -0.25) is 0 Å². The molecule has 0 atom stereocenters. The van der Waals surface area contributed by atoms with Crippen molar-refractivity contribution in [3.63, 3.8) is 0 Å². The van der Waals surface area contributed by atoms with Crippen LogP contribution in [0.25, 0.3) is 6.08 Å². The van der Waals surface area contributed by atoms with Gasteiger partial charge in [0, 0.05) is 6.08 Å². The van der Waals surface area contributed by atoms with E-state index in [9.17, 15) is 4.79 Å². The van der Waals surface area contributed by atoms with Crippen LogP contribution >= 0.6 is 0 Å². The van der Waals surface area contributed by atoms with Gasteiger partial charge in [-0.1, -0.05) is 43.9 Å². The Labute approximate surface area is 120 Å². The first-order chi connectivity index (χ1) is 9.74. The predicted octanol–water partition coefficient (Wildman–Crippen LogP) is 4.02. The van der Waals surface area contributed by atoms with Gasteiger partial charge in [0.2, 0.25) is 0 Å². The van der Waals surface area contributed by atoms with E-state index in [4.69, 9.17) is 9.84 Å². The van der Waals surface area contributed by atoms with E-state index < -0.39 is 5.97 Å². The smallest absolute Gasteiger partial charge is 0.328 e. The van der Waals surface area contributed by atoms with Crippen molar-refractivity contribution < 1.29 is 14.6 Å². The molecule has 1 N–H and O–H groups in total. The summed E-state index contributed by atoms with van der Waals surface area (Å²) in [5, 5.41) is 8.63. The molecule has 0 spiro atoms. The van der Waals surface area contributed by atoms with E-state index in [1.165, 1.54) is 38.5 Å². The molecule has 1 aromatic rings. The Kier molecular flexibility index (Phi) is 5.81. The lowest BCUT2D eigenvalue weighted by Gasteiger charge is -2.15. The Morgan fingerprint density at radius 3 is 2.70 bits per heavy atom. The maximum atomic E-state index is 10.5. The summed E-state index contributed by atoms with van der Waals surface area (Å²) < 4.78 is 5.99. The topological polar surface area (TPSA) is 46.5 Å². The molecule has 0 aliphatic heterocycles. The van der Waals surface area contributed by atoms with Crippen LogP contribution in [0.4, 0.5) is 0 Å². The van der Waals surface area contributed by atoms with Gasteiger partial charge in [-0.05, 0) is 36.1 Å². The van der Waals surface area contributed by atoms with Crippen LogP contribution in [0.5, 0.6) is 0 Å². The van der Waals surface area contributed by atoms with Crippen LogP contribution in [-0.4, -0.2) is 17.2 Å². The number of benzene rings is 1. The van der Waals surface area contributed by atoms with E-state index in [1.807, 2.05) is 24.3 Å². The number of aliphatic carboxylic acids is 1. The standard InChI is InChI=1S/C17H22O3/c18-17(19)11-10-14-6-5-7-15(12-14)13-20-16-8-3-1-2-4-9-16/h5-7,10-12,16H,1-4,8-9,13H2,(H,18,19). The fourth-order valence-corrected chi connectivity index (χ4v) is 2.58. The number of carboxylic acids is 1. The summed E-state index contributed by atoms with van der Waals surface area (Å²) >= 11 is 0. The summed E-state index contributed by atoms with van der Waals surface area (Å²) in [6.45, 7) is 0.611. The zero-order valence-electron chi connectivity index (χ0n) is 11.8. The molecule has 3 nitrogen and oxygen atoms in total. The lowest BCUT2D eigenvalue weighted by atomic mass is 10.1. The van der Waals surface area contributed by atoms with Gasteiger partial charge < -0.3 is 9.84 Å². The highest BCUT2D eigenvalue weighted by Crippen LogP contribution is 2.21. The van der Waals surface area contributed by atoms with Gasteiger partial charge in [-0.25, -0.2) is 4.79 Å². The Morgan fingerprint density at radius 2 is 2.00 bits per heavy atom. The molecule has 1 fully saturated rings. The Balaban J connectivity index is 1.88. The van der Waals surface area contributed by atoms with Crippen LogP contribution in [0.15, 0.2) is 30.3 Å². The van der Waals surface area contributed by atoms with Crippen molar-refractivity contribution in [2.24, 2.45) is 0 Å². The second-order valence-corrected chi connectivity index (χ2v) is 5.34. The van der Waals surface area contributed by atoms with Crippen LogP contribution in [0.3, 0.4) is 0 Å². The molecule has 20 heavy (non-hydrogen) atoms. The summed E-state index contributed by atoms with van der Waals surface area (Å²) in [6, 6.07) is 7.84. The first-order valence-corrected chi connectivity index (χ1v) is 7.35. The molecule has 1 saturated carbocycles. The van der Waals surface area contributed by atoms with Crippen molar-refractivity contribution in [1.82, 2.24) is 0 Å². The molecule has 0 unspecified atom stereocenters. The fourth-order valence-electron chi connectivity index (χ4n) is 2.58. The minimum atomic E-state index is -0.926. The molecule has 1 aliphatic rings. The van der Waals surface area contributed by atoms with E-state index in [0.29, 0.717) is 12.7 Å². The molecular weight excluding hydrogens is 252 g/mol. The number of carbonyl (C=O) groups is 1. The zero-order chi connectivity index (χ0) is 14.2. The van der Waals surface area contributed by atoms with Gasteiger partial charge in [0.15, 0.2) is 0 Å². The van der Waals surface area contributed by atoms with Gasteiger partial charge in [-0.15, -0.1) is 0 Å². The third-order valence-electron chi connectivity index (χ3n) is 3.66. The molecule has 108 valence electrons. The number of carboxylic acid groups (broad SMARTS) is 1. The third kappa shape index (κ3) is 5.17. The molecule has 0 radical (unpaired) electrons. The van der Waals surface area contributed by atoms with Crippen molar-refractivity contribution in [3.05, 3.63) is 41.5 Å². The van der Waals surface area contributed by atoms with Gasteiger partial charge in [0.05, 0.1) is 12.7 Å². The van der Waals surface area contributed by atoms with E-state index in [-0.39, 0.29) is 0 Å². The fraction of sp³-hybridized carbons (Fsp3) is 0.471. The lowest BCUT2D eigenvalue weighted by Crippen LogP contribution is -2.11. The number of hydrogen-bond donors (Lipinski definition) is 1. The first kappa shape index (κ1) is 14.8. The molecule has 0 heterocycles. The van der Waals surface area contributed by atoms with Crippen molar-refractivity contribution in [1.29, 1.82) is 0 Å². The molecule has 0 bridgehead atoms. The summed E-state index contributed by atoms with van der Waals surface area (Å²) in [6.07, 6.45) is 10.7. The van der Waals surface area contributed by atoms with Crippen LogP contribution in [0.1, 0.15) is 49.7 Å². The molecule has 0 saturated heterocycles. The number of ether oxygens (including phenoxy) is 1. The number of rotatable bonds is 5. The second kappa shape index (κ2) is 7.85. The van der Waals surface area contributed by atoms with Crippen LogP contribution < -0.4 is 0 Å². The third-order valence-corrected chi connectivity index (χ3v) is 3.66. The Bertz CT molecular complexity index is 457. The van der Waals surface area contributed by atoms with Crippen molar-refractivity contribution in [2.75, 3.05) is 0 Å². The largest absolute Gasteiger partial charge is 0.478 e. The minimum absolute atomic E-state index is 0.385. The van der Waals surface area contributed by atoms with Gasteiger partial charge in [0.1, 0.15) is 0 Å². The second-order valence-electron chi connectivity index (χ2n) is 5.34. The summed E-state index contributed by atoms with van der Waals surface area (Å²) in [4.78, 5) is 10.5. The van der Waals surface area contributed by atoms with Crippen molar-refractivity contribution in [2.45, 2.75) is 51.2 Å². The average molecular weight is 274 g/mol. The Morgan fingerprint density at radius 1 is 1.25 bits per heavy atom. The first-order valence-electron chi connectivity index (χ1n) is 7.35. The molecule has 3 heteroatoms. The molecular formula is C17H22O3. The maximum Gasteiger partial charge on any atom is 0.328 e. The highest BCUT2D eigenvalue weighted by molar-refractivity contribution is 5.85. The molecule has 1 aromatic carbocycles. The van der Waals surface area contributed by atoms with Gasteiger partial charge in [0.25, 0.3) is 0 Å². The minimum Gasteiger partial charge on any atom is -0.478 e. The molecule has 0 amide bonds. The monoisotopic (exact) mass is 274 g/mol. The van der Waals surface area contributed by atoms with E-state index in [1.54, 1.807) is 6.08 Å². The summed E-state index contributed by atoms with van der Waals surface area (Å²) in [7, 11) is 0. The average Bonchev–Trinajstić information content (AvgIpc) is 2.72. The SMILES string of the molecule is O=C(O)C=Cc1cccc(COC2CCCCCC2)c1. The highest BCUT2D eigenvalue weighted by Gasteiger charge is 2.12. The number of hydrogen-bond acceptors (Lipinski definition) is 2.